The zero-order chi connectivity index (χ0) is 29.7. The fourth-order valence-corrected chi connectivity index (χ4v) is 4.88. The van der Waals surface area contributed by atoms with Crippen LogP contribution < -0.4 is 20.7 Å². The first-order valence-corrected chi connectivity index (χ1v) is 13.9. The maximum Gasteiger partial charge on any atom is 0.323 e. The van der Waals surface area contributed by atoms with Gasteiger partial charge in [0.1, 0.15) is 6.10 Å². The second-order valence-corrected chi connectivity index (χ2v) is 10.9. The summed E-state index contributed by atoms with van der Waals surface area (Å²) in [5.74, 6) is -0.293. The van der Waals surface area contributed by atoms with Crippen LogP contribution in [0.3, 0.4) is 0 Å². The molecule has 41 heavy (non-hydrogen) atoms. The summed E-state index contributed by atoms with van der Waals surface area (Å²) < 4.78 is 6.49. The molecule has 1 heterocycles. The molecule has 0 fully saturated rings. The summed E-state index contributed by atoms with van der Waals surface area (Å²) in [5, 5.41) is 20.4. The second kappa shape index (κ2) is 12.9. The molecule has 0 saturated heterocycles. The standard InChI is InChI=1S/C31H39N5O5/c1-19(2)32-31(40)35(5)17-27-20(3)16-36(21(4)18-37)29(38)24-13-9-15-26(28(24)41-27)34-30(39)33-25-14-8-11-22-10-6-7-12-23(22)25/h6-15,19-21,27,37H,16-18H2,1-5H3,(H,32,40)(H2,33,34,39)/t20-,21-,27-/m1/s1. The molecule has 218 valence electrons. The Morgan fingerprint density at radius 1 is 1.02 bits per heavy atom. The van der Waals surface area contributed by atoms with Crippen LogP contribution in [0.4, 0.5) is 21.0 Å². The Bertz CT molecular complexity index is 1410. The minimum Gasteiger partial charge on any atom is -0.485 e. The van der Waals surface area contributed by atoms with Crippen LogP contribution in [0.15, 0.2) is 60.7 Å². The third-order valence-electron chi connectivity index (χ3n) is 7.19. The third kappa shape index (κ3) is 6.89. The molecule has 10 heteroatoms. The zero-order valence-corrected chi connectivity index (χ0v) is 24.2. The van der Waals surface area contributed by atoms with Crippen molar-refractivity contribution < 1.29 is 24.2 Å². The highest BCUT2D eigenvalue weighted by atomic mass is 16.5. The van der Waals surface area contributed by atoms with Gasteiger partial charge in [-0.15, -0.1) is 0 Å². The topological polar surface area (TPSA) is 123 Å². The van der Waals surface area contributed by atoms with Gasteiger partial charge in [0.25, 0.3) is 5.91 Å². The van der Waals surface area contributed by atoms with E-state index < -0.39 is 18.2 Å². The van der Waals surface area contributed by atoms with Gasteiger partial charge < -0.3 is 35.6 Å². The number of hydrogen-bond donors (Lipinski definition) is 4. The van der Waals surface area contributed by atoms with Crippen molar-refractivity contribution in [2.75, 3.05) is 37.4 Å². The normalized spacial score (nSPS) is 17.6. The van der Waals surface area contributed by atoms with Gasteiger partial charge in [0.2, 0.25) is 0 Å². The number of amides is 5. The Hall–Kier alpha value is -4.31. The molecule has 0 aromatic heterocycles. The van der Waals surface area contributed by atoms with Crippen molar-refractivity contribution >= 4 is 40.1 Å². The minimum absolute atomic E-state index is 0.0316. The predicted octanol–water partition coefficient (Wildman–Crippen LogP) is 4.75. The van der Waals surface area contributed by atoms with Gasteiger partial charge in [-0.1, -0.05) is 49.4 Å². The van der Waals surface area contributed by atoms with Crippen molar-refractivity contribution in [3.05, 3.63) is 66.2 Å². The number of likely N-dealkylation sites (N-methyl/N-ethyl adjacent to an activating group) is 1. The number of rotatable bonds is 7. The molecular formula is C31H39N5O5. The van der Waals surface area contributed by atoms with Crippen LogP contribution in [0, 0.1) is 5.92 Å². The molecule has 3 atom stereocenters. The first-order valence-electron chi connectivity index (χ1n) is 13.9. The molecule has 0 unspecified atom stereocenters. The largest absolute Gasteiger partial charge is 0.485 e. The van der Waals surface area contributed by atoms with Crippen LogP contribution in [0.1, 0.15) is 38.1 Å². The molecule has 0 bridgehead atoms. The van der Waals surface area contributed by atoms with Gasteiger partial charge in [-0.25, -0.2) is 9.59 Å². The summed E-state index contributed by atoms with van der Waals surface area (Å²) in [6.45, 7) is 7.85. The Balaban J connectivity index is 1.66. The summed E-state index contributed by atoms with van der Waals surface area (Å²) in [6, 6.07) is 17.2. The lowest BCUT2D eigenvalue weighted by Crippen LogP contribution is -2.51. The highest BCUT2D eigenvalue weighted by Gasteiger charge is 2.35. The number of urea groups is 2. The van der Waals surface area contributed by atoms with Gasteiger partial charge in [0.15, 0.2) is 5.75 Å². The summed E-state index contributed by atoms with van der Waals surface area (Å²) >= 11 is 0. The van der Waals surface area contributed by atoms with Gasteiger partial charge in [-0.2, -0.15) is 0 Å². The van der Waals surface area contributed by atoms with Gasteiger partial charge in [-0.3, -0.25) is 4.79 Å². The van der Waals surface area contributed by atoms with Crippen molar-refractivity contribution in [3.8, 4) is 5.75 Å². The number of nitrogens with zero attached hydrogens (tertiary/aromatic N) is 2. The quantitative estimate of drug-likeness (QED) is 0.331. The van der Waals surface area contributed by atoms with E-state index in [1.165, 1.54) is 0 Å². The van der Waals surface area contributed by atoms with Crippen molar-refractivity contribution in [3.63, 3.8) is 0 Å². The molecule has 1 aliphatic heterocycles. The Kier molecular flexibility index (Phi) is 9.34. The van der Waals surface area contributed by atoms with E-state index in [1.54, 1.807) is 42.0 Å². The number of aliphatic hydroxyl groups excluding tert-OH is 1. The predicted molar refractivity (Wildman–Crippen MR) is 160 cm³/mol. The number of carbonyl (C=O) groups excluding carboxylic acids is 3. The van der Waals surface area contributed by atoms with Crippen molar-refractivity contribution in [2.24, 2.45) is 5.92 Å². The summed E-state index contributed by atoms with van der Waals surface area (Å²) in [4.78, 5) is 42.8. The maximum absolute atomic E-state index is 13.7. The highest BCUT2D eigenvalue weighted by molar-refractivity contribution is 6.08. The molecule has 10 nitrogen and oxygen atoms in total. The van der Waals surface area contributed by atoms with Crippen LogP contribution >= 0.6 is 0 Å². The number of anilines is 2. The molecule has 4 N–H and O–H groups in total. The number of benzene rings is 3. The molecular weight excluding hydrogens is 522 g/mol. The fraction of sp³-hybridized carbons (Fsp3) is 0.387. The van der Waals surface area contributed by atoms with Crippen LogP contribution in [0.5, 0.6) is 5.75 Å². The van der Waals surface area contributed by atoms with Crippen molar-refractivity contribution in [1.82, 2.24) is 15.1 Å². The van der Waals surface area contributed by atoms with E-state index in [2.05, 4.69) is 16.0 Å². The van der Waals surface area contributed by atoms with E-state index in [0.717, 1.165) is 10.8 Å². The Morgan fingerprint density at radius 2 is 1.68 bits per heavy atom. The van der Waals surface area contributed by atoms with Crippen LogP contribution in [-0.4, -0.2) is 77.8 Å². The van der Waals surface area contributed by atoms with Gasteiger partial charge in [0, 0.05) is 30.9 Å². The van der Waals surface area contributed by atoms with E-state index >= 15 is 0 Å². The van der Waals surface area contributed by atoms with Gasteiger partial charge >= 0.3 is 12.1 Å². The lowest BCUT2D eigenvalue weighted by atomic mass is 9.99. The average Bonchev–Trinajstić information content (AvgIpc) is 2.94. The molecule has 0 saturated carbocycles. The zero-order valence-electron chi connectivity index (χ0n) is 24.2. The Labute approximate surface area is 240 Å². The summed E-state index contributed by atoms with van der Waals surface area (Å²) in [7, 11) is 1.69. The van der Waals surface area contributed by atoms with E-state index in [1.807, 2.05) is 63.2 Å². The first kappa shape index (κ1) is 29.7. The smallest absolute Gasteiger partial charge is 0.323 e. The molecule has 4 rings (SSSR count). The lowest BCUT2D eigenvalue weighted by molar-refractivity contribution is 0.0368. The number of ether oxygens (including phenoxy) is 1. The van der Waals surface area contributed by atoms with E-state index in [0.29, 0.717) is 17.9 Å². The minimum atomic E-state index is -0.512. The first-order chi connectivity index (χ1) is 19.6. The summed E-state index contributed by atoms with van der Waals surface area (Å²) in [5.41, 5.74) is 1.22. The average molecular weight is 562 g/mol. The third-order valence-corrected chi connectivity index (χ3v) is 7.19. The lowest BCUT2D eigenvalue weighted by Gasteiger charge is -2.38. The van der Waals surface area contributed by atoms with Crippen LogP contribution in [0.2, 0.25) is 0 Å². The van der Waals surface area contributed by atoms with Crippen molar-refractivity contribution in [1.29, 1.82) is 0 Å². The number of hydrogen-bond acceptors (Lipinski definition) is 5. The SMILES string of the molecule is CC(C)NC(=O)N(C)C[C@H]1Oc2c(NC(=O)Nc3cccc4ccccc34)cccc2C(=O)N([C@H](C)CO)C[C@H]1C. The molecule has 3 aromatic carbocycles. The maximum atomic E-state index is 13.7. The number of nitrogens with one attached hydrogen (secondary N) is 3. The molecule has 0 aliphatic carbocycles. The molecule has 5 amide bonds. The number of aliphatic hydroxyl groups is 1. The molecule has 3 aromatic rings. The van der Waals surface area contributed by atoms with Crippen LogP contribution in [0.25, 0.3) is 10.8 Å². The molecule has 1 aliphatic rings. The second-order valence-electron chi connectivity index (χ2n) is 10.9. The molecule has 0 spiro atoms. The highest BCUT2D eigenvalue weighted by Crippen LogP contribution is 2.35. The fourth-order valence-electron chi connectivity index (χ4n) is 4.88. The number of para-hydroxylation sites is 1. The Morgan fingerprint density at radius 3 is 2.41 bits per heavy atom. The van der Waals surface area contributed by atoms with E-state index in [-0.39, 0.29) is 48.4 Å². The van der Waals surface area contributed by atoms with E-state index in [9.17, 15) is 19.5 Å². The molecule has 0 radical (unpaired) electrons. The van der Waals surface area contributed by atoms with Gasteiger partial charge in [-0.05, 0) is 44.4 Å². The number of fused-ring (bicyclic) bond motifs is 2. The summed E-state index contributed by atoms with van der Waals surface area (Å²) in [6.07, 6.45) is -0.512. The monoisotopic (exact) mass is 561 g/mol. The number of carbonyl (C=O) groups is 3. The van der Waals surface area contributed by atoms with Crippen LogP contribution in [-0.2, 0) is 0 Å². The van der Waals surface area contributed by atoms with Gasteiger partial charge in [0.05, 0.1) is 36.1 Å². The van der Waals surface area contributed by atoms with E-state index in [4.69, 9.17) is 4.74 Å². The van der Waals surface area contributed by atoms with Crippen molar-refractivity contribution in [2.45, 2.75) is 45.9 Å².